The van der Waals surface area contributed by atoms with E-state index in [2.05, 4.69) is 9.98 Å². The average Bonchev–Trinajstić information content (AvgIpc) is 2.80. The van der Waals surface area contributed by atoms with Crippen molar-refractivity contribution in [3.63, 3.8) is 0 Å². The van der Waals surface area contributed by atoms with E-state index in [0.717, 1.165) is 0 Å². The van der Waals surface area contributed by atoms with Crippen molar-refractivity contribution in [2.75, 3.05) is 7.05 Å². The summed E-state index contributed by atoms with van der Waals surface area (Å²) >= 11 is 1.24. The van der Waals surface area contributed by atoms with Gasteiger partial charge in [-0.05, 0) is 47.7 Å². The van der Waals surface area contributed by atoms with Crippen LogP contribution in [0.1, 0.15) is 5.56 Å². The highest BCUT2D eigenvalue weighted by atomic mass is 32.2. The molecule has 0 unspecified atom stereocenters. The van der Waals surface area contributed by atoms with E-state index >= 15 is 0 Å². The summed E-state index contributed by atoms with van der Waals surface area (Å²) < 4.78 is 0. The van der Waals surface area contributed by atoms with Gasteiger partial charge in [0.05, 0.1) is 16.8 Å². The third kappa shape index (κ3) is 3.19. The SMILES string of the molecule is CN1C(=O)/C(=C/c2ccc(O)c(O)c2)SC1=Nc1cccnc1. The molecule has 1 amide bonds. The van der Waals surface area contributed by atoms with Gasteiger partial charge >= 0.3 is 0 Å². The minimum atomic E-state index is -0.229. The van der Waals surface area contributed by atoms with Crippen LogP contribution in [0, 0.1) is 0 Å². The monoisotopic (exact) mass is 327 g/mol. The number of benzene rings is 1. The van der Waals surface area contributed by atoms with E-state index in [9.17, 15) is 15.0 Å². The molecule has 0 aliphatic carbocycles. The lowest BCUT2D eigenvalue weighted by atomic mass is 10.2. The Morgan fingerprint density at radius 1 is 1.26 bits per heavy atom. The molecule has 2 N–H and O–H groups in total. The van der Waals surface area contributed by atoms with Crippen molar-refractivity contribution >= 4 is 34.6 Å². The van der Waals surface area contributed by atoms with E-state index < -0.39 is 0 Å². The third-order valence-corrected chi connectivity index (χ3v) is 4.23. The van der Waals surface area contributed by atoms with Crippen LogP contribution in [0.5, 0.6) is 11.5 Å². The molecule has 3 rings (SSSR count). The first-order chi connectivity index (χ1) is 11.0. The molecular formula is C16H13N3O3S. The number of aromatic nitrogens is 1. The maximum Gasteiger partial charge on any atom is 0.266 e. The quantitative estimate of drug-likeness (QED) is 0.654. The Hall–Kier alpha value is -2.80. The smallest absolute Gasteiger partial charge is 0.266 e. The van der Waals surface area contributed by atoms with Gasteiger partial charge < -0.3 is 10.2 Å². The molecule has 0 bridgehead atoms. The fraction of sp³-hybridized carbons (Fsp3) is 0.0625. The van der Waals surface area contributed by atoms with E-state index in [4.69, 9.17) is 0 Å². The summed E-state index contributed by atoms with van der Waals surface area (Å²) in [5, 5.41) is 19.4. The molecule has 7 heteroatoms. The predicted octanol–water partition coefficient (Wildman–Crippen LogP) is 2.73. The number of phenols is 2. The number of hydrogen-bond donors (Lipinski definition) is 2. The Kier molecular flexibility index (Phi) is 4.03. The summed E-state index contributed by atoms with van der Waals surface area (Å²) in [6.07, 6.45) is 4.92. The maximum absolute atomic E-state index is 12.3. The van der Waals surface area contributed by atoms with Crippen molar-refractivity contribution < 1.29 is 15.0 Å². The van der Waals surface area contributed by atoms with Crippen LogP contribution < -0.4 is 0 Å². The Labute approximate surface area is 136 Å². The summed E-state index contributed by atoms with van der Waals surface area (Å²) in [5.41, 5.74) is 1.28. The zero-order valence-electron chi connectivity index (χ0n) is 12.2. The molecule has 1 fully saturated rings. The number of rotatable bonds is 2. The Morgan fingerprint density at radius 2 is 2.09 bits per heavy atom. The number of aromatic hydroxyl groups is 2. The Morgan fingerprint density at radius 3 is 2.78 bits per heavy atom. The van der Waals surface area contributed by atoms with Gasteiger partial charge in [-0.1, -0.05) is 6.07 Å². The summed E-state index contributed by atoms with van der Waals surface area (Å²) in [6, 6.07) is 7.97. The molecular weight excluding hydrogens is 314 g/mol. The molecule has 116 valence electrons. The average molecular weight is 327 g/mol. The van der Waals surface area contributed by atoms with Crippen LogP contribution in [0.4, 0.5) is 5.69 Å². The number of aliphatic imine (C=N–C) groups is 1. The lowest BCUT2D eigenvalue weighted by Crippen LogP contribution is -2.23. The fourth-order valence-corrected chi connectivity index (χ4v) is 2.95. The van der Waals surface area contributed by atoms with Crippen molar-refractivity contribution in [1.29, 1.82) is 0 Å². The number of nitrogens with zero attached hydrogens (tertiary/aromatic N) is 3. The Bertz CT molecular complexity index is 819. The van der Waals surface area contributed by atoms with Gasteiger partial charge in [-0.3, -0.25) is 14.7 Å². The van der Waals surface area contributed by atoms with Gasteiger partial charge in [0, 0.05) is 13.2 Å². The summed E-state index contributed by atoms with van der Waals surface area (Å²) in [5.74, 6) is -0.605. The second kappa shape index (κ2) is 6.13. The van der Waals surface area contributed by atoms with Gasteiger partial charge in [-0.15, -0.1) is 0 Å². The topological polar surface area (TPSA) is 86.0 Å². The van der Waals surface area contributed by atoms with E-state index in [-0.39, 0.29) is 17.4 Å². The second-order valence-corrected chi connectivity index (χ2v) is 5.84. The number of hydrogen-bond acceptors (Lipinski definition) is 6. The molecule has 1 saturated heterocycles. The molecule has 1 aromatic heterocycles. The van der Waals surface area contributed by atoms with Crippen molar-refractivity contribution in [3.05, 3.63) is 53.2 Å². The Balaban J connectivity index is 1.90. The van der Waals surface area contributed by atoms with Crippen LogP contribution >= 0.6 is 11.8 Å². The lowest BCUT2D eigenvalue weighted by Gasteiger charge is -2.06. The van der Waals surface area contributed by atoms with Crippen LogP contribution in [0.2, 0.25) is 0 Å². The van der Waals surface area contributed by atoms with Gasteiger partial charge in [0.15, 0.2) is 16.7 Å². The van der Waals surface area contributed by atoms with Crippen LogP contribution in [0.3, 0.4) is 0 Å². The zero-order chi connectivity index (χ0) is 16.4. The molecule has 0 saturated carbocycles. The molecule has 0 spiro atoms. The first kappa shape index (κ1) is 15.1. The molecule has 1 aliphatic heterocycles. The number of carbonyl (C=O) groups is 1. The highest BCUT2D eigenvalue weighted by Crippen LogP contribution is 2.34. The van der Waals surface area contributed by atoms with Crippen LogP contribution in [0.25, 0.3) is 6.08 Å². The number of amides is 1. The van der Waals surface area contributed by atoms with Gasteiger partial charge in [-0.25, -0.2) is 4.99 Å². The molecule has 1 aromatic carbocycles. The summed E-state index contributed by atoms with van der Waals surface area (Å²) in [4.78, 5) is 22.6. The standard InChI is InChI=1S/C16H13N3O3S/c1-19-15(22)14(8-10-4-5-12(20)13(21)7-10)23-16(19)18-11-3-2-6-17-9-11/h2-9,20-21H,1H3/b14-8-,18-16?. The highest BCUT2D eigenvalue weighted by molar-refractivity contribution is 8.18. The molecule has 1 aliphatic rings. The first-order valence-electron chi connectivity index (χ1n) is 6.73. The third-order valence-electron chi connectivity index (χ3n) is 3.17. The van der Waals surface area contributed by atoms with E-state index in [1.165, 1.54) is 28.8 Å². The van der Waals surface area contributed by atoms with Crippen molar-refractivity contribution in [2.24, 2.45) is 4.99 Å². The van der Waals surface area contributed by atoms with E-state index in [1.807, 2.05) is 0 Å². The maximum atomic E-state index is 12.3. The number of thioether (sulfide) groups is 1. The number of pyridine rings is 1. The minimum Gasteiger partial charge on any atom is -0.504 e. The van der Waals surface area contributed by atoms with Gasteiger partial charge in [0.1, 0.15) is 0 Å². The molecule has 0 radical (unpaired) electrons. The molecule has 6 nitrogen and oxygen atoms in total. The van der Waals surface area contributed by atoms with Crippen LogP contribution in [-0.4, -0.2) is 38.2 Å². The fourth-order valence-electron chi connectivity index (χ4n) is 1.96. The summed E-state index contributed by atoms with van der Waals surface area (Å²) in [7, 11) is 1.65. The second-order valence-electron chi connectivity index (χ2n) is 4.83. The number of likely N-dealkylation sites (N-methyl/N-ethyl adjacent to an activating group) is 1. The van der Waals surface area contributed by atoms with Crippen molar-refractivity contribution in [3.8, 4) is 11.5 Å². The zero-order valence-corrected chi connectivity index (χ0v) is 13.0. The molecule has 0 atom stereocenters. The van der Waals surface area contributed by atoms with Crippen LogP contribution in [0.15, 0.2) is 52.6 Å². The largest absolute Gasteiger partial charge is 0.504 e. The number of phenolic OH excluding ortho intramolecular Hbond substituents is 2. The van der Waals surface area contributed by atoms with Crippen LogP contribution in [-0.2, 0) is 4.79 Å². The number of carbonyl (C=O) groups excluding carboxylic acids is 1. The van der Waals surface area contributed by atoms with Crippen molar-refractivity contribution in [2.45, 2.75) is 0 Å². The van der Waals surface area contributed by atoms with Gasteiger partial charge in [0.25, 0.3) is 5.91 Å². The minimum absolute atomic E-state index is 0.176. The molecule has 2 aromatic rings. The molecule has 2 heterocycles. The van der Waals surface area contributed by atoms with Crippen molar-refractivity contribution in [1.82, 2.24) is 9.88 Å². The van der Waals surface area contributed by atoms with E-state index in [1.54, 1.807) is 43.7 Å². The highest BCUT2D eigenvalue weighted by Gasteiger charge is 2.30. The predicted molar refractivity (Wildman–Crippen MR) is 89.4 cm³/mol. The van der Waals surface area contributed by atoms with Gasteiger partial charge in [-0.2, -0.15) is 0 Å². The summed E-state index contributed by atoms with van der Waals surface area (Å²) in [6.45, 7) is 0. The lowest BCUT2D eigenvalue weighted by molar-refractivity contribution is -0.121. The van der Waals surface area contributed by atoms with Gasteiger partial charge in [0.2, 0.25) is 0 Å². The van der Waals surface area contributed by atoms with E-state index in [0.29, 0.717) is 21.3 Å². The first-order valence-corrected chi connectivity index (χ1v) is 7.54. The normalized spacial score (nSPS) is 18.1. The number of amidine groups is 1. The molecule has 23 heavy (non-hydrogen) atoms.